The van der Waals surface area contributed by atoms with Crippen molar-refractivity contribution in [1.29, 1.82) is 0 Å². The van der Waals surface area contributed by atoms with E-state index in [9.17, 15) is 19.2 Å². The number of carbonyl (C=O) groups excluding carboxylic acids is 2. The van der Waals surface area contributed by atoms with Gasteiger partial charge in [0.15, 0.2) is 5.78 Å². The summed E-state index contributed by atoms with van der Waals surface area (Å²) in [5.41, 5.74) is 0.0683. The van der Waals surface area contributed by atoms with Gasteiger partial charge in [0.05, 0.1) is 17.8 Å². The number of Topliss-reactive ketones (excluding diaryl/α,β-unsaturated/α-hetero) is 1. The number of anilines is 1. The summed E-state index contributed by atoms with van der Waals surface area (Å²) in [4.78, 5) is 54.8. The largest absolute Gasteiger partial charge is 0.334 e. The first-order valence-electron chi connectivity index (χ1n) is 7.49. The summed E-state index contributed by atoms with van der Waals surface area (Å²) in [6.07, 6.45) is 1.21. The molecular weight excluding hydrogens is 312 g/mol. The molecule has 2 N–H and O–H groups in total. The molecule has 24 heavy (non-hydrogen) atoms. The van der Waals surface area contributed by atoms with Gasteiger partial charge in [-0.25, -0.2) is 9.36 Å². The van der Waals surface area contributed by atoms with Crippen molar-refractivity contribution >= 4 is 17.5 Å². The molecule has 0 saturated carbocycles. The zero-order valence-corrected chi connectivity index (χ0v) is 13.5. The van der Waals surface area contributed by atoms with Gasteiger partial charge < -0.3 is 5.32 Å². The fraction of sp³-hybridized carbons (Fsp3) is 0.312. The van der Waals surface area contributed by atoms with E-state index >= 15 is 0 Å². The minimum atomic E-state index is -0.802. The first-order valence-corrected chi connectivity index (χ1v) is 7.49. The van der Waals surface area contributed by atoms with Gasteiger partial charge in [-0.3, -0.25) is 24.4 Å². The van der Waals surface area contributed by atoms with E-state index < -0.39 is 29.4 Å². The summed E-state index contributed by atoms with van der Waals surface area (Å²) in [6.45, 7) is 5.62. The van der Waals surface area contributed by atoms with Gasteiger partial charge in [-0.2, -0.15) is 0 Å². The quantitative estimate of drug-likeness (QED) is 0.794. The summed E-state index contributed by atoms with van der Waals surface area (Å²) in [5, 5.41) is 2.49. The highest BCUT2D eigenvalue weighted by molar-refractivity contribution is 6.18. The van der Waals surface area contributed by atoms with Gasteiger partial charge in [0, 0.05) is 6.20 Å². The summed E-state index contributed by atoms with van der Waals surface area (Å²) >= 11 is 0. The smallest absolute Gasteiger partial charge is 0.311 e. The SMILES string of the molecule is Cc1ccnc(C(C)C)c1-n1c2c(c(=O)[nH]c1=O)C(=O)CC(=O)N2. The maximum Gasteiger partial charge on any atom is 0.334 e. The zero-order valence-electron chi connectivity index (χ0n) is 13.5. The molecule has 0 radical (unpaired) electrons. The van der Waals surface area contributed by atoms with Crippen molar-refractivity contribution in [3.05, 3.63) is 49.9 Å². The monoisotopic (exact) mass is 328 g/mol. The van der Waals surface area contributed by atoms with E-state index in [1.165, 1.54) is 0 Å². The lowest BCUT2D eigenvalue weighted by atomic mass is 10.0. The van der Waals surface area contributed by atoms with Crippen molar-refractivity contribution in [3.63, 3.8) is 0 Å². The zero-order chi connectivity index (χ0) is 17.6. The number of hydrogen-bond donors (Lipinski definition) is 2. The minimum Gasteiger partial charge on any atom is -0.311 e. The highest BCUT2D eigenvalue weighted by atomic mass is 16.2. The van der Waals surface area contributed by atoms with E-state index in [1.54, 1.807) is 19.2 Å². The summed E-state index contributed by atoms with van der Waals surface area (Å²) in [6, 6.07) is 1.72. The molecule has 124 valence electrons. The number of hydrogen-bond acceptors (Lipinski definition) is 5. The number of H-pyrrole nitrogens is 1. The molecule has 3 heterocycles. The van der Waals surface area contributed by atoms with Crippen molar-refractivity contribution in [2.75, 3.05) is 5.32 Å². The summed E-state index contributed by atoms with van der Waals surface area (Å²) in [5.74, 6) is -1.28. The maximum absolute atomic E-state index is 12.5. The van der Waals surface area contributed by atoms with Crippen molar-refractivity contribution in [2.24, 2.45) is 0 Å². The van der Waals surface area contributed by atoms with E-state index in [2.05, 4.69) is 15.3 Å². The van der Waals surface area contributed by atoms with Crippen LogP contribution in [0.2, 0.25) is 0 Å². The van der Waals surface area contributed by atoms with Crippen LogP contribution >= 0.6 is 0 Å². The van der Waals surface area contributed by atoms with Crippen LogP contribution in [0.4, 0.5) is 5.82 Å². The Balaban J connectivity index is 2.46. The third kappa shape index (κ3) is 2.36. The maximum atomic E-state index is 12.5. The van der Waals surface area contributed by atoms with Crippen LogP contribution in [0.3, 0.4) is 0 Å². The van der Waals surface area contributed by atoms with E-state index in [-0.39, 0.29) is 17.3 Å². The molecule has 1 aliphatic rings. The lowest BCUT2D eigenvalue weighted by Crippen LogP contribution is -2.40. The number of nitrogens with one attached hydrogen (secondary N) is 2. The Bertz CT molecular complexity index is 985. The molecule has 3 rings (SSSR count). The van der Waals surface area contributed by atoms with Crippen LogP contribution in [0.25, 0.3) is 5.69 Å². The van der Waals surface area contributed by atoms with Gasteiger partial charge in [-0.05, 0) is 24.5 Å². The molecule has 1 amide bonds. The van der Waals surface area contributed by atoms with Gasteiger partial charge in [-0.1, -0.05) is 13.8 Å². The lowest BCUT2D eigenvalue weighted by Gasteiger charge is -2.22. The van der Waals surface area contributed by atoms with Crippen molar-refractivity contribution < 1.29 is 9.59 Å². The number of carbonyl (C=O) groups is 2. The Morgan fingerprint density at radius 1 is 1.21 bits per heavy atom. The van der Waals surface area contributed by atoms with Crippen LogP contribution in [0.15, 0.2) is 21.9 Å². The first-order chi connectivity index (χ1) is 11.3. The Morgan fingerprint density at radius 2 is 1.92 bits per heavy atom. The number of pyridine rings is 1. The molecule has 2 aromatic heterocycles. The summed E-state index contributed by atoms with van der Waals surface area (Å²) < 4.78 is 1.16. The average molecular weight is 328 g/mol. The predicted octanol–water partition coefficient (Wildman–Crippen LogP) is 0.878. The molecule has 0 aromatic carbocycles. The van der Waals surface area contributed by atoms with Crippen LogP contribution in [-0.4, -0.2) is 26.2 Å². The lowest BCUT2D eigenvalue weighted by molar-refractivity contribution is -0.115. The van der Waals surface area contributed by atoms with Crippen LogP contribution in [0.1, 0.15) is 47.8 Å². The number of rotatable bonds is 2. The van der Waals surface area contributed by atoms with Crippen molar-refractivity contribution in [2.45, 2.75) is 33.1 Å². The Kier molecular flexibility index (Phi) is 3.67. The number of amides is 1. The van der Waals surface area contributed by atoms with Crippen LogP contribution in [0, 0.1) is 6.92 Å². The van der Waals surface area contributed by atoms with Gasteiger partial charge >= 0.3 is 5.69 Å². The molecule has 0 bridgehead atoms. The number of aromatic nitrogens is 3. The fourth-order valence-corrected chi connectivity index (χ4v) is 2.82. The number of aromatic amines is 1. The van der Waals surface area contributed by atoms with E-state index in [0.29, 0.717) is 11.4 Å². The molecular formula is C16H16N4O4. The Hall–Kier alpha value is -3.03. The van der Waals surface area contributed by atoms with Crippen LogP contribution < -0.4 is 16.6 Å². The van der Waals surface area contributed by atoms with Gasteiger partial charge in [0.1, 0.15) is 11.4 Å². The molecule has 1 aliphatic heterocycles. The van der Waals surface area contributed by atoms with Gasteiger partial charge in [0.2, 0.25) is 5.91 Å². The first kappa shape index (κ1) is 15.9. The van der Waals surface area contributed by atoms with E-state index in [4.69, 9.17) is 0 Å². The summed E-state index contributed by atoms with van der Waals surface area (Å²) in [7, 11) is 0. The number of fused-ring (bicyclic) bond motifs is 1. The van der Waals surface area contributed by atoms with Gasteiger partial charge in [0.25, 0.3) is 5.56 Å². The standard InChI is InChI=1S/C16H16N4O4/c1-7(2)12-13(8(3)4-5-17-12)20-14-11(15(23)19-16(20)24)9(21)6-10(22)18-14/h4-5,7H,6H2,1-3H3,(H,18,22)(H,19,23,24). The molecule has 0 unspecified atom stereocenters. The van der Waals surface area contributed by atoms with E-state index in [0.717, 1.165) is 10.1 Å². The minimum absolute atomic E-state index is 0.00984. The molecule has 0 atom stereocenters. The average Bonchev–Trinajstić information content (AvgIpc) is 2.47. The number of aryl methyl sites for hydroxylation is 1. The van der Waals surface area contributed by atoms with Crippen LogP contribution in [-0.2, 0) is 4.79 Å². The predicted molar refractivity (Wildman–Crippen MR) is 86.9 cm³/mol. The number of ketones is 1. The molecule has 0 fully saturated rings. The molecule has 8 nitrogen and oxygen atoms in total. The van der Waals surface area contributed by atoms with Gasteiger partial charge in [-0.15, -0.1) is 0 Å². The third-order valence-electron chi connectivity index (χ3n) is 3.89. The second-order valence-electron chi connectivity index (χ2n) is 5.98. The molecule has 0 spiro atoms. The highest BCUT2D eigenvalue weighted by Crippen LogP contribution is 2.27. The topological polar surface area (TPSA) is 114 Å². The molecule has 0 saturated heterocycles. The number of nitrogens with zero attached hydrogens (tertiary/aromatic N) is 2. The fourth-order valence-electron chi connectivity index (χ4n) is 2.82. The normalized spacial score (nSPS) is 13.8. The second kappa shape index (κ2) is 5.55. The van der Waals surface area contributed by atoms with Crippen LogP contribution in [0.5, 0.6) is 0 Å². The third-order valence-corrected chi connectivity index (χ3v) is 3.89. The molecule has 8 heteroatoms. The Morgan fingerprint density at radius 3 is 2.58 bits per heavy atom. The Labute approximate surface area is 136 Å². The van der Waals surface area contributed by atoms with E-state index in [1.807, 2.05) is 13.8 Å². The van der Waals surface area contributed by atoms with Crippen molar-refractivity contribution in [3.8, 4) is 5.69 Å². The molecule has 2 aromatic rings. The van der Waals surface area contributed by atoms with Crippen molar-refractivity contribution in [1.82, 2.24) is 14.5 Å². The second-order valence-corrected chi connectivity index (χ2v) is 5.98. The highest BCUT2D eigenvalue weighted by Gasteiger charge is 2.31. The molecule has 0 aliphatic carbocycles.